The minimum Gasteiger partial charge on any atom is -0.368 e. The highest BCUT2D eigenvalue weighted by molar-refractivity contribution is 7.80. The molecule has 0 bridgehead atoms. The Hall–Kier alpha value is -3.71. The Bertz CT molecular complexity index is 1110. The number of amides is 2. The highest BCUT2D eigenvalue weighted by Gasteiger charge is 2.23. The molecule has 0 radical (unpaired) electrons. The van der Waals surface area contributed by atoms with Crippen LogP contribution in [-0.4, -0.2) is 48.0 Å². The van der Waals surface area contributed by atoms with Crippen LogP contribution in [-0.2, 0) is 9.59 Å². The number of carbonyl (C=O) groups excluding carboxylic acids is 2. The fourth-order valence-corrected chi connectivity index (χ4v) is 4.54. The summed E-state index contributed by atoms with van der Waals surface area (Å²) >= 11 is 5.45. The second kappa shape index (κ2) is 11.6. The molecule has 0 atom stereocenters. The minimum absolute atomic E-state index is 0.184. The van der Waals surface area contributed by atoms with Gasteiger partial charge in [-0.3, -0.25) is 9.59 Å². The van der Waals surface area contributed by atoms with Crippen molar-refractivity contribution in [2.24, 2.45) is 0 Å². The van der Waals surface area contributed by atoms with Crippen LogP contribution < -0.4 is 15.5 Å². The average molecular weight is 487 g/mol. The quantitative estimate of drug-likeness (QED) is 0.506. The number of nitrogens with one attached hydrogen (secondary N) is 2. The van der Waals surface area contributed by atoms with Crippen molar-refractivity contribution in [2.75, 3.05) is 36.4 Å². The molecule has 2 N–H and O–H groups in total. The van der Waals surface area contributed by atoms with Gasteiger partial charge in [0.1, 0.15) is 0 Å². The molecular formula is C28H30N4O2S. The maximum atomic E-state index is 13.2. The highest BCUT2D eigenvalue weighted by Crippen LogP contribution is 2.25. The van der Waals surface area contributed by atoms with Crippen molar-refractivity contribution < 1.29 is 9.59 Å². The third-order valence-electron chi connectivity index (χ3n) is 6.19. The molecule has 35 heavy (non-hydrogen) atoms. The summed E-state index contributed by atoms with van der Waals surface area (Å²) in [7, 11) is 0. The van der Waals surface area contributed by atoms with Crippen LogP contribution in [0.5, 0.6) is 0 Å². The van der Waals surface area contributed by atoms with Crippen molar-refractivity contribution >= 4 is 40.5 Å². The van der Waals surface area contributed by atoms with Gasteiger partial charge < -0.3 is 20.4 Å². The summed E-state index contributed by atoms with van der Waals surface area (Å²) in [6, 6.07) is 27.3. The van der Waals surface area contributed by atoms with Crippen molar-refractivity contribution in [3.05, 3.63) is 96.1 Å². The Morgan fingerprint density at radius 2 is 1.37 bits per heavy atom. The maximum absolute atomic E-state index is 13.2. The van der Waals surface area contributed by atoms with E-state index in [1.807, 2.05) is 96.8 Å². The molecule has 1 fully saturated rings. The fraction of sp³-hybridized carbons (Fsp3) is 0.250. The Morgan fingerprint density at radius 3 is 1.89 bits per heavy atom. The first kappa shape index (κ1) is 24.4. The summed E-state index contributed by atoms with van der Waals surface area (Å²) in [5, 5.41) is 6.23. The second-order valence-corrected chi connectivity index (χ2v) is 8.87. The van der Waals surface area contributed by atoms with E-state index in [1.54, 1.807) is 0 Å². The van der Waals surface area contributed by atoms with Gasteiger partial charge in [0.15, 0.2) is 5.11 Å². The lowest BCUT2D eigenvalue weighted by molar-refractivity contribution is -0.131. The molecule has 0 unspecified atom stereocenters. The van der Waals surface area contributed by atoms with Crippen LogP contribution in [0.3, 0.4) is 0 Å². The molecule has 1 saturated heterocycles. The lowest BCUT2D eigenvalue weighted by atomic mass is 9.90. The molecule has 2 amide bonds. The predicted molar refractivity (Wildman–Crippen MR) is 145 cm³/mol. The molecule has 0 spiro atoms. The van der Waals surface area contributed by atoms with E-state index >= 15 is 0 Å². The molecule has 0 aromatic heterocycles. The van der Waals surface area contributed by atoms with Crippen LogP contribution in [0.2, 0.25) is 0 Å². The SMILES string of the molecule is CCC(=O)N1CCN(c2ccc(NC(=S)NC(=O)C(c3ccccc3)c3ccccc3)cc2)CC1. The zero-order valence-electron chi connectivity index (χ0n) is 19.8. The number of hydrogen-bond acceptors (Lipinski definition) is 4. The molecule has 6 nitrogen and oxygen atoms in total. The molecular weight excluding hydrogens is 456 g/mol. The van der Waals surface area contributed by atoms with Gasteiger partial charge in [-0.25, -0.2) is 0 Å². The molecule has 7 heteroatoms. The molecule has 1 aliphatic rings. The van der Waals surface area contributed by atoms with Crippen LogP contribution in [0, 0.1) is 0 Å². The number of carbonyl (C=O) groups is 2. The summed E-state index contributed by atoms with van der Waals surface area (Å²) in [6.45, 7) is 5.01. The van der Waals surface area contributed by atoms with E-state index < -0.39 is 5.92 Å². The van der Waals surface area contributed by atoms with Gasteiger partial charge in [0.05, 0.1) is 5.92 Å². The summed E-state index contributed by atoms with van der Waals surface area (Å²) in [5.74, 6) is -0.435. The van der Waals surface area contributed by atoms with Gasteiger partial charge in [-0.1, -0.05) is 67.6 Å². The number of hydrogen-bond donors (Lipinski definition) is 2. The zero-order valence-corrected chi connectivity index (χ0v) is 20.6. The topological polar surface area (TPSA) is 64.7 Å². The lowest BCUT2D eigenvalue weighted by Gasteiger charge is -2.36. The van der Waals surface area contributed by atoms with Crippen molar-refractivity contribution in [3.63, 3.8) is 0 Å². The van der Waals surface area contributed by atoms with Crippen LogP contribution >= 0.6 is 12.2 Å². The van der Waals surface area contributed by atoms with E-state index in [1.165, 1.54) is 0 Å². The summed E-state index contributed by atoms with van der Waals surface area (Å²) in [5.41, 5.74) is 3.71. The maximum Gasteiger partial charge on any atom is 0.238 e. The normalized spacial score (nSPS) is 13.4. The number of anilines is 2. The predicted octanol–water partition coefficient (Wildman–Crippen LogP) is 4.39. The first-order valence-corrected chi connectivity index (χ1v) is 12.3. The van der Waals surface area contributed by atoms with E-state index in [2.05, 4.69) is 15.5 Å². The standard InChI is InChI=1S/C28H30N4O2S/c1-2-25(33)32-19-17-31(18-20-32)24-15-13-23(14-16-24)29-28(35)30-27(34)26(21-9-5-3-6-10-21)22-11-7-4-8-12-22/h3-16,26H,2,17-20H2,1H3,(H2,29,30,34,35). The number of rotatable bonds is 6. The molecule has 0 saturated carbocycles. The number of thiocarbonyl (C=S) groups is 1. The lowest BCUT2D eigenvalue weighted by Crippen LogP contribution is -2.48. The van der Waals surface area contributed by atoms with Crippen molar-refractivity contribution in [1.29, 1.82) is 0 Å². The molecule has 0 aliphatic carbocycles. The number of nitrogens with zero attached hydrogens (tertiary/aromatic N) is 2. The number of benzene rings is 3. The van der Waals surface area contributed by atoms with Gasteiger partial charge in [-0.2, -0.15) is 0 Å². The van der Waals surface area contributed by atoms with Crippen LogP contribution in [0.1, 0.15) is 30.4 Å². The first-order chi connectivity index (χ1) is 17.0. The van der Waals surface area contributed by atoms with E-state index in [9.17, 15) is 9.59 Å². The third-order valence-corrected chi connectivity index (χ3v) is 6.39. The van der Waals surface area contributed by atoms with Gasteiger partial charge in [0, 0.05) is 44.0 Å². The first-order valence-electron chi connectivity index (χ1n) is 11.9. The Balaban J connectivity index is 1.36. The summed E-state index contributed by atoms with van der Waals surface area (Å²) < 4.78 is 0. The van der Waals surface area contributed by atoms with Gasteiger partial charge >= 0.3 is 0 Å². The van der Waals surface area contributed by atoms with E-state index in [0.29, 0.717) is 6.42 Å². The van der Waals surface area contributed by atoms with E-state index in [-0.39, 0.29) is 16.9 Å². The van der Waals surface area contributed by atoms with Crippen LogP contribution in [0.15, 0.2) is 84.9 Å². The van der Waals surface area contributed by atoms with Crippen LogP contribution in [0.4, 0.5) is 11.4 Å². The van der Waals surface area contributed by atoms with Crippen molar-refractivity contribution in [1.82, 2.24) is 10.2 Å². The van der Waals surface area contributed by atoms with Gasteiger partial charge in [0.25, 0.3) is 0 Å². The van der Waals surface area contributed by atoms with E-state index in [0.717, 1.165) is 48.7 Å². The van der Waals surface area contributed by atoms with Gasteiger partial charge in [-0.05, 0) is 47.6 Å². The van der Waals surface area contributed by atoms with Gasteiger partial charge in [0.2, 0.25) is 11.8 Å². The van der Waals surface area contributed by atoms with Crippen molar-refractivity contribution in [2.45, 2.75) is 19.3 Å². The third kappa shape index (κ3) is 6.25. The molecule has 1 aliphatic heterocycles. The minimum atomic E-state index is -0.460. The highest BCUT2D eigenvalue weighted by atomic mass is 32.1. The Morgan fingerprint density at radius 1 is 0.829 bits per heavy atom. The van der Waals surface area contributed by atoms with Gasteiger partial charge in [-0.15, -0.1) is 0 Å². The Labute approximate surface area is 211 Å². The van der Waals surface area contributed by atoms with Crippen LogP contribution in [0.25, 0.3) is 0 Å². The van der Waals surface area contributed by atoms with Crippen molar-refractivity contribution in [3.8, 4) is 0 Å². The Kier molecular flexibility index (Phi) is 8.11. The zero-order chi connectivity index (χ0) is 24.6. The molecule has 3 aromatic rings. The monoisotopic (exact) mass is 486 g/mol. The smallest absolute Gasteiger partial charge is 0.238 e. The summed E-state index contributed by atoms with van der Waals surface area (Å²) in [4.78, 5) is 29.3. The average Bonchev–Trinajstić information content (AvgIpc) is 2.90. The molecule has 3 aromatic carbocycles. The largest absolute Gasteiger partial charge is 0.368 e. The second-order valence-electron chi connectivity index (χ2n) is 8.47. The molecule has 180 valence electrons. The molecule has 1 heterocycles. The molecule has 4 rings (SSSR count). The van der Waals surface area contributed by atoms with E-state index in [4.69, 9.17) is 12.2 Å². The summed E-state index contributed by atoms with van der Waals surface area (Å²) in [6.07, 6.45) is 0.550. The fourth-order valence-electron chi connectivity index (χ4n) is 4.33. The number of piperazine rings is 1.